The second kappa shape index (κ2) is 15.5. The number of hydrogen-bond donors (Lipinski definition) is 2. The first-order valence-electron chi connectivity index (χ1n) is 16.5. The number of rotatable bonds is 12. The van der Waals surface area contributed by atoms with Gasteiger partial charge in [0.15, 0.2) is 5.69 Å². The molecule has 2 atom stereocenters. The molecule has 1 aliphatic carbocycles. The summed E-state index contributed by atoms with van der Waals surface area (Å²) in [5.41, 5.74) is 4.86. The highest BCUT2D eigenvalue weighted by Crippen LogP contribution is 2.43. The minimum absolute atomic E-state index is 0.119. The number of amides is 2. The number of carbonyl (C=O) groups excluding carboxylic acids is 1. The van der Waals surface area contributed by atoms with Crippen LogP contribution in [-0.4, -0.2) is 42.4 Å². The molecule has 0 spiro atoms. The third-order valence-corrected chi connectivity index (χ3v) is 9.72. The number of nitriles is 2. The number of carbonyl (C=O) groups is 1. The molecular weight excluding hydrogens is 647 g/mol. The summed E-state index contributed by atoms with van der Waals surface area (Å²) in [5.74, 6) is 0.884. The van der Waals surface area contributed by atoms with E-state index in [1.54, 1.807) is 42.2 Å². The average molecular weight is 683 g/mol. The highest BCUT2D eigenvalue weighted by atomic mass is 32.1. The van der Waals surface area contributed by atoms with E-state index in [2.05, 4.69) is 44.6 Å². The predicted molar refractivity (Wildman–Crippen MR) is 193 cm³/mol. The van der Waals surface area contributed by atoms with Crippen LogP contribution in [0.15, 0.2) is 90.1 Å². The summed E-state index contributed by atoms with van der Waals surface area (Å²) >= 11 is 1.29. The second-order valence-electron chi connectivity index (χ2n) is 12.1. The van der Waals surface area contributed by atoms with Gasteiger partial charge in [-0.15, -0.1) is 11.3 Å². The second-order valence-corrected chi connectivity index (χ2v) is 13.2. The third kappa shape index (κ3) is 7.67. The van der Waals surface area contributed by atoms with Crippen molar-refractivity contribution in [3.05, 3.63) is 112 Å². The van der Waals surface area contributed by atoms with E-state index in [0.29, 0.717) is 52.1 Å². The summed E-state index contributed by atoms with van der Waals surface area (Å²) in [5, 5.41) is 25.2. The van der Waals surface area contributed by atoms with E-state index in [-0.39, 0.29) is 23.4 Å². The molecule has 11 nitrogen and oxygen atoms in total. The van der Waals surface area contributed by atoms with E-state index in [4.69, 9.17) is 0 Å². The van der Waals surface area contributed by atoms with E-state index in [9.17, 15) is 20.1 Å². The van der Waals surface area contributed by atoms with E-state index in [1.807, 2.05) is 48.5 Å². The zero-order valence-electron chi connectivity index (χ0n) is 27.8. The van der Waals surface area contributed by atoms with Crippen molar-refractivity contribution in [3.63, 3.8) is 0 Å². The van der Waals surface area contributed by atoms with Crippen molar-refractivity contribution in [2.24, 2.45) is 18.9 Å². The van der Waals surface area contributed by atoms with Crippen LogP contribution in [-0.2, 0) is 13.6 Å². The van der Waals surface area contributed by atoms with Crippen LogP contribution in [0.25, 0.3) is 21.8 Å². The van der Waals surface area contributed by atoms with Crippen molar-refractivity contribution in [2.75, 3.05) is 11.9 Å². The maximum atomic E-state index is 13.9. The fraction of sp³-hybridized carbons (Fsp3) is 0.263. The first-order chi connectivity index (χ1) is 24.4. The number of nitrogens with one attached hydrogen (secondary N) is 2. The van der Waals surface area contributed by atoms with Crippen molar-refractivity contribution in [2.45, 2.75) is 39.2 Å². The molecule has 4 heterocycles. The van der Waals surface area contributed by atoms with E-state index >= 15 is 0 Å². The first-order valence-corrected chi connectivity index (χ1v) is 17.3. The Labute approximate surface area is 294 Å². The highest BCUT2D eigenvalue weighted by molar-refractivity contribution is 7.16. The van der Waals surface area contributed by atoms with Crippen molar-refractivity contribution in [1.82, 2.24) is 24.8 Å². The Morgan fingerprint density at radius 3 is 2.52 bits per heavy atom. The lowest BCUT2D eigenvalue weighted by Gasteiger charge is -2.08. The molecular formula is C38H36N9O2S+. The highest BCUT2D eigenvalue weighted by Gasteiger charge is 2.51. The Morgan fingerprint density at radius 1 is 1.00 bits per heavy atom. The lowest BCUT2D eigenvalue weighted by atomic mass is 10.1. The maximum absolute atomic E-state index is 13.9. The molecule has 1 aliphatic rings. The summed E-state index contributed by atoms with van der Waals surface area (Å²) in [6, 6.07) is 24.5. The number of hydrogen-bond acceptors (Lipinski definition) is 9. The van der Waals surface area contributed by atoms with Gasteiger partial charge in [0.1, 0.15) is 29.3 Å². The number of pyridine rings is 2. The Kier molecular flexibility index (Phi) is 10.5. The molecule has 0 radical (unpaired) electrons. The maximum Gasteiger partial charge on any atom is 0.496 e. The molecule has 1 fully saturated rings. The van der Waals surface area contributed by atoms with Gasteiger partial charge >= 0.3 is 6.03 Å². The first kappa shape index (κ1) is 33.9. The summed E-state index contributed by atoms with van der Waals surface area (Å²) in [7, 11) is 1.70. The molecule has 6 rings (SSSR count). The molecule has 4 aromatic heterocycles. The number of anilines is 1. The van der Waals surface area contributed by atoms with Crippen molar-refractivity contribution < 1.29 is 9.37 Å². The molecule has 2 unspecified atom stereocenters. The number of aromatic nitrogens is 4. The van der Waals surface area contributed by atoms with Crippen molar-refractivity contribution in [1.29, 1.82) is 10.5 Å². The molecule has 0 saturated heterocycles. The smallest absolute Gasteiger partial charge is 0.354 e. The van der Waals surface area contributed by atoms with Crippen LogP contribution >= 0.6 is 11.3 Å². The van der Waals surface area contributed by atoms with Crippen LogP contribution in [0.5, 0.6) is 0 Å². The molecule has 12 heteroatoms. The molecule has 50 heavy (non-hydrogen) atoms. The summed E-state index contributed by atoms with van der Waals surface area (Å²) in [6.45, 7) is 3.15. The molecule has 0 bridgehead atoms. The van der Waals surface area contributed by atoms with Crippen molar-refractivity contribution >= 4 is 34.7 Å². The van der Waals surface area contributed by atoms with Crippen LogP contribution in [0.2, 0.25) is 0 Å². The number of nitrogens with zero attached hydrogens (tertiary/aromatic N) is 7. The van der Waals surface area contributed by atoms with Gasteiger partial charge in [-0.05, 0) is 55.2 Å². The van der Waals surface area contributed by atoms with Gasteiger partial charge in [0, 0.05) is 43.3 Å². The van der Waals surface area contributed by atoms with Crippen molar-refractivity contribution in [3.8, 4) is 34.0 Å². The number of thiophene rings is 1. The van der Waals surface area contributed by atoms with Crippen LogP contribution in [0.3, 0.4) is 0 Å². The van der Waals surface area contributed by atoms with Gasteiger partial charge in [-0.2, -0.15) is 19.9 Å². The van der Waals surface area contributed by atoms with E-state index < -0.39 is 0 Å². The van der Waals surface area contributed by atoms with Crippen LogP contribution < -0.4 is 16.2 Å². The van der Waals surface area contributed by atoms with Gasteiger partial charge in [-0.3, -0.25) is 9.78 Å². The Bertz CT molecular complexity index is 2180. The van der Waals surface area contributed by atoms with Gasteiger partial charge in [-0.25, -0.2) is 15.3 Å². The Balaban J connectivity index is 1.21. The largest absolute Gasteiger partial charge is 0.496 e. The third-order valence-electron chi connectivity index (χ3n) is 8.72. The fourth-order valence-electron chi connectivity index (χ4n) is 6.12. The number of urea groups is 1. The normalized spacial score (nSPS) is 15.8. The lowest BCUT2D eigenvalue weighted by Crippen LogP contribution is -2.32. The van der Waals surface area contributed by atoms with Gasteiger partial charge in [-0.1, -0.05) is 43.7 Å². The van der Waals surface area contributed by atoms with Gasteiger partial charge in [0.25, 0.3) is 5.56 Å². The predicted octanol–water partition coefficient (Wildman–Crippen LogP) is 6.64. The fourth-order valence-corrected chi connectivity index (χ4v) is 6.93. The van der Waals surface area contributed by atoms with E-state index in [0.717, 1.165) is 41.8 Å². The van der Waals surface area contributed by atoms with Gasteiger partial charge in [0.2, 0.25) is 5.95 Å². The van der Waals surface area contributed by atoms with Crippen LogP contribution in [0, 0.1) is 34.5 Å². The number of aryl methyl sites for hydroxylation is 1. The van der Waals surface area contributed by atoms with Gasteiger partial charge < -0.3 is 9.88 Å². The Morgan fingerprint density at radius 2 is 1.82 bits per heavy atom. The van der Waals surface area contributed by atoms with Crippen LogP contribution in [0.4, 0.5) is 16.4 Å². The minimum Gasteiger partial charge on any atom is -0.354 e. The summed E-state index contributed by atoms with van der Waals surface area (Å²) < 4.78 is 3.30. The monoisotopic (exact) mass is 682 g/mol. The minimum atomic E-state index is -0.208. The molecule has 5 aromatic rings. The molecule has 1 saturated carbocycles. The zero-order valence-corrected chi connectivity index (χ0v) is 28.7. The Hall–Kier alpha value is -5.98. The molecule has 2 N–H and O–H groups in total. The SMILES string of the molecule is CCCC1/C(=[N+](/C(=O)NCc2ccccc2)c2ccc(-c3ccn(C)c(=O)c3)nc2)C1CCCNc1ncc(C#N)c(-c2ccc(C#N)s2)n1. The molecule has 2 amide bonds. The van der Waals surface area contributed by atoms with Gasteiger partial charge in [0.05, 0.1) is 34.2 Å². The summed E-state index contributed by atoms with van der Waals surface area (Å²) in [4.78, 5) is 41.0. The quantitative estimate of drug-likeness (QED) is 0.110. The zero-order chi connectivity index (χ0) is 35.0. The van der Waals surface area contributed by atoms with Crippen LogP contribution in [0.1, 0.15) is 48.6 Å². The van der Waals surface area contributed by atoms with E-state index in [1.165, 1.54) is 22.1 Å². The lowest BCUT2D eigenvalue weighted by molar-refractivity contribution is -0.333. The standard InChI is InChI=1S/C38H35N9O2S/c1-3-8-30-31(11-7-17-41-37-43-23-27(20-39)35(45-37)33-15-13-29(21-40)50-33)36(30)47(38(49)44-22-25-9-5-4-6-10-25)28-12-14-32(42-24-28)26-16-18-46(2)34(48)19-26/h4-6,9-10,12-16,18-19,23-24,30-31H,3,7-8,11,17,22H2,1-2H3,(H-,41,43,44,45,49)/p+1/b47-36-. The molecule has 1 aromatic carbocycles. The summed E-state index contributed by atoms with van der Waals surface area (Å²) in [6.07, 6.45) is 8.53. The number of benzene rings is 1. The molecule has 0 aliphatic heterocycles. The topological polar surface area (TPSA) is 152 Å². The average Bonchev–Trinajstić information content (AvgIpc) is 3.56. The molecule has 250 valence electrons.